The third-order valence-electron chi connectivity index (χ3n) is 3.04. The Hall–Kier alpha value is -2.07. The molecule has 106 valence electrons. The van der Waals surface area contributed by atoms with Crippen molar-refractivity contribution in [3.05, 3.63) is 59.2 Å². The van der Waals surface area contributed by atoms with Crippen LogP contribution in [0.3, 0.4) is 0 Å². The van der Waals surface area contributed by atoms with E-state index >= 15 is 0 Å². The Morgan fingerprint density at radius 1 is 1.30 bits per heavy atom. The number of nitrogens with one attached hydrogen (secondary N) is 1. The quantitative estimate of drug-likeness (QED) is 0.806. The van der Waals surface area contributed by atoms with Gasteiger partial charge in [0.15, 0.2) is 0 Å². The number of nitrogens with zero attached hydrogens (tertiary/aromatic N) is 1. The zero-order valence-electron chi connectivity index (χ0n) is 11.8. The zero-order valence-corrected chi connectivity index (χ0v) is 11.8. The standard InChI is InChI=1S/C16H21N3O/c1-18-16-15(7-2-3-11-19-16)13-5-4-6-14(9-8-13)20-12-10-17/h2,4,6-9,11,18H,3,5,10,12,17H2,1H3. The van der Waals surface area contributed by atoms with E-state index in [9.17, 15) is 0 Å². The Morgan fingerprint density at radius 2 is 2.20 bits per heavy atom. The summed E-state index contributed by atoms with van der Waals surface area (Å²) < 4.78 is 5.55. The van der Waals surface area contributed by atoms with E-state index in [2.05, 4.69) is 34.6 Å². The molecule has 0 unspecified atom stereocenters. The molecular formula is C16H21N3O. The first-order valence-electron chi connectivity index (χ1n) is 6.87. The van der Waals surface area contributed by atoms with E-state index in [-0.39, 0.29) is 0 Å². The van der Waals surface area contributed by atoms with Crippen LogP contribution in [0, 0.1) is 0 Å². The van der Waals surface area contributed by atoms with Crippen molar-refractivity contribution in [1.82, 2.24) is 5.32 Å². The summed E-state index contributed by atoms with van der Waals surface area (Å²) in [5, 5.41) is 3.15. The van der Waals surface area contributed by atoms with Crippen LogP contribution in [0.5, 0.6) is 0 Å². The summed E-state index contributed by atoms with van der Waals surface area (Å²) >= 11 is 0. The molecule has 1 heterocycles. The molecule has 0 bridgehead atoms. The number of hydrogen-bond acceptors (Lipinski definition) is 4. The SMILES string of the molecule is CNC1=C(C2=CC=C(OCCN)C=CC2)C=CCC=N1. The number of aliphatic imine (C=N–C) groups is 1. The minimum atomic E-state index is 0.522. The van der Waals surface area contributed by atoms with Crippen molar-refractivity contribution < 1.29 is 4.74 Å². The smallest absolute Gasteiger partial charge is 0.132 e. The van der Waals surface area contributed by atoms with E-state index in [0.29, 0.717) is 13.2 Å². The van der Waals surface area contributed by atoms with Crippen LogP contribution in [-0.2, 0) is 4.74 Å². The lowest BCUT2D eigenvalue weighted by Crippen LogP contribution is -2.07. The topological polar surface area (TPSA) is 59.6 Å². The molecule has 2 aliphatic rings. The van der Waals surface area contributed by atoms with E-state index in [1.165, 1.54) is 5.57 Å². The van der Waals surface area contributed by atoms with Gasteiger partial charge in [0.2, 0.25) is 0 Å². The summed E-state index contributed by atoms with van der Waals surface area (Å²) in [6, 6.07) is 0. The highest BCUT2D eigenvalue weighted by Gasteiger charge is 2.10. The molecule has 2 rings (SSSR count). The molecule has 1 aliphatic carbocycles. The molecule has 0 saturated carbocycles. The maximum atomic E-state index is 5.55. The van der Waals surface area contributed by atoms with Crippen molar-refractivity contribution in [2.24, 2.45) is 10.7 Å². The van der Waals surface area contributed by atoms with Gasteiger partial charge in [-0.2, -0.15) is 0 Å². The third-order valence-corrected chi connectivity index (χ3v) is 3.04. The van der Waals surface area contributed by atoms with Gasteiger partial charge in [0.25, 0.3) is 0 Å². The van der Waals surface area contributed by atoms with Crippen LogP contribution >= 0.6 is 0 Å². The number of hydrogen-bond donors (Lipinski definition) is 2. The monoisotopic (exact) mass is 271 g/mol. The van der Waals surface area contributed by atoms with Gasteiger partial charge in [-0.1, -0.05) is 24.3 Å². The molecule has 0 fully saturated rings. The maximum Gasteiger partial charge on any atom is 0.132 e. The van der Waals surface area contributed by atoms with Crippen molar-refractivity contribution in [2.45, 2.75) is 12.8 Å². The summed E-state index contributed by atoms with van der Waals surface area (Å²) in [5.74, 6) is 1.75. The highest BCUT2D eigenvalue weighted by molar-refractivity contribution is 5.64. The predicted molar refractivity (Wildman–Crippen MR) is 83.3 cm³/mol. The van der Waals surface area contributed by atoms with Crippen LogP contribution in [0.15, 0.2) is 64.2 Å². The summed E-state index contributed by atoms with van der Waals surface area (Å²) in [6.45, 7) is 1.06. The molecule has 20 heavy (non-hydrogen) atoms. The largest absolute Gasteiger partial charge is 0.492 e. The van der Waals surface area contributed by atoms with Gasteiger partial charge in [0.1, 0.15) is 18.2 Å². The molecule has 4 nitrogen and oxygen atoms in total. The van der Waals surface area contributed by atoms with Crippen LogP contribution in [-0.4, -0.2) is 26.4 Å². The van der Waals surface area contributed by atoms with Crippen molar-refractivity contribution >= 4 is 6.21 Å². The number of nitrogens with two attached hydrogens (primary N) is 1. The van der Waals surface area contributed by atoms with Crippen LogP contribution in [0.1, 0.15) is 12.8 Å². The van der Waals surface area contributed by atoms with Gasteiger partial charge >= 0.3 is 0 Å². The van der Waals surface area contributed by atoms with E-state index in [1.54, 1.807) is 0 Å². The van der Waals surface area contributed by atoms with Crippen LogP contribution < -0.4 is 11.1 Å². The van der Waals surface area contributed by atoms with Gasteiger partial charge < -0.3 is 15.8 Å². The highest BCUT2D eigenvalue weighted by atomic mass is 16.5. The van der Waals surface area contributed by atoms with Gasteiger partial charge in [0.05, 0.1) is 0 Å². The average Bonchev–Trinajstić information content (AvgIpc) is 2.84. The molecule has 0 aromatic heterocycles. The lowest BCUT2D eigenvalue weighted by atomic mass is 10.0. The molecule has 0 aromatic rings. The second-order valence-corrected chi connectivity index (χ2v) is 4.47. The Balaban J connectivity index is 2.26. The summed E-state index contributed by atoms with van der Waals surface area (Å²) in [6.07, 6.45) is 16.0. The fourth-order valence-electron chi connectivity index (χ4n) is 2.08. The minimum Gasteiger partial charge on any atom is -0.492 e. The number of ether oxygens (including phenoxy) is 1. The normalized spacial score (nSPS) is 18.3. The molecule has 3 N–H and O–H groups in total. The molecule has 0 radical (unpaired) electrons. The van der Waals surface area contributed by atoms with E-state index in [0.717, 1.165) is 30.0 Å². The molecule has 4 heteroatoms. The first-order valence-corrected chi connectivity index (χ1v) is 6.87. The summed E-state index contributed by atoms with van der Waals surface area (Å²) in [7, 11) is 1.89. The third kappa shape index (κ3) is 3.71. The summed E-state index contributed by atoms with van der Waals surface area (Å²) in [4.78, 5) is 4.45. The molecular weight excluding hydrogens is 250 g/mol. The van der Waals surface area contributed by atoms with E-state index < -0.39 is 0 Å². The van der Waals surface area contributed by atoms with E-state index in [1.807, 2.05) is 25.4 Å². The first kappa shape index (κ1) is 14.3. The second-order valence-electron chi connectivity index (χ2n) is 4.47. The zero-order chi connectivity index (χ0) is 14.2. The summed E-state index contributed by atoms with van der Waals surface area (Å²) in [5.41, 5.74) is 7.79. The highest BCUT2D eigenvalue weighted by Crippen LogP contribution is 2.24. The molecule has 1 aliphatic heterocycles. The molecule has 0 atom stereocenters. The van der Waals surface area contributed by atoms with Crippen molar-refractivity contribution in [3.63, 3.8) is 0 Å². The average molecular weight is 271 g/mol. The van der Waals surface area contributed by atoms with Gasteiger partial charge in [-0.3, -0.25) is 0 Å². The minimum absolute atomic E-state index is 0.522. The lowest BCUT2D eigenvalue weighted by molar-refractivity contribution is 0.234. The van der Waals surface area contributed by atoms with Crippen LogP contribution in [0.2, 0.25) is 0 Å². The van der Waals surface area contributed by atoms with Crippen molar-refractivity contribution in [1.29, 1.82) is 0 Å². The second kappa shape index (κ2) is 7.50. The Morgan fingerprint density at radius 3 is 3.00 bits per heavy atom. The van der Waals surface area contributed by atoms with Crippen molar-refractivity contribution in [2.75, 3.05) is 20.2 Å². The fraction of sp³-hybridized carbons (Fsp3) is 0.312. The number of allylic oxidation sites excluding steroid dienone is 8. The van der Waals surface area contributed by atoms with Crippen molar-refractivity contribution in [3.8, 4) is 0 Å². The van der Waals surface area contributed by atoms with Crippen LogP contribution in [0.4, 0.5) is 0 Å². The molecule has 0 saturated heterocycles. The molecule has 0 amide bonds. The first-order chi connectivity index (χ1) is 9.85. The molecule has 0 aromatic carbocycles. The maximum absolute atomic E-state index is 5.55. The Bertz CT molecular complexity index is 522. The Labute approximate surface area is 120 Å². The Kier molecular flexibility index (Phi) is 5.38. The molecule has 0 spiro atoms. The fourth-order valence-corrected chi connectivity index (χ4v) is 2.08. The number of rotatable bonds is 5. The van der Waals surface area contributed by atoms with Gasteiger partial charge in [-0.25, -0.2) is 4.99 Å². The van der Waals surface area contributed by atoms with Gasteiger partial charge in [-0.15, -0.1) is 0 Å². The lowest BCUT2D eigenvalue weighted by Gasteiger charge is -2.09. The van der Waals surface area contributed by atoms with Gasteiger partial charge in [-0.05, 0) is 24.1 Å². The van der Waals surface area contributed by atoms with Gasteiger partial charge in [0, 0.05) is 31.8 Å². The van der Waals surface area contributed by atoms with E-state index in [4.69, 9.17) is 10.5 Å². The van der Waals surface area contributed by atoms with Crippen LogP contribution in [0.25, 0.3) is 0 Å². The predicted octanol–water partition coefficient (Wildman–Crippen LogP) is 2.19.